The van der Waals surface area contributed by atoms with Gasteiger partial charge in [-0.2, -0.15) is 0 Å². The summed E-state index contributed by atoms with van der Waals surface area (Å²) in [5, 5.41) is 34.4. The van der Waals surface area contributed by atoms with Gasteiger partial charge >= 0.3 is 11.9 Å². The second-order valence-corrected chi connectivity index (χ2v) is 6.08. The first-order valence-corrected chi connectivity index (χ1v) is 6.83. The van der Waals surface area contributed by atoms with E-state index in [1.807, 2.05) is 0 Å². The monoisotopic (exact) mass is 252 g/mol. The zero-order chi connectivity index (χ0) is 12.6. The number of carbonyl (C=O) groups is 2. The van der Waals surface area contributed by atoms with Crippen LogP contribution in [0.3, 0.4) is 0 Å². The summed E-state index contributed by atoms with van der Waals surface area (Å²) in [6.45, 7) is 0. The fourth-order valence-corrected chi connectivity index (χ4v) is 3.42. The Labute approximate surface area is 94.7 Å². The summed E-state index contributed by atoms with van der Waals surface area (Å²) >= 11 is 0. The molecule has 0 aliphatic rings. The molecule has 16 heavy (non-hydrogen) atoms. The Balaban J connectivity index is 3.94. The molecule has 0 aliphatic carbocycles. The molecule has 0 aromatic carbocycles. The largest absolute Gasteiger partial charge is 0.481 e. The average molecular weight is 252 g/mol. The number of hydrogen-bond donors (Lipinski definition) is 4. The molecule has 0 heterocycles. The third kappa shape index (κ3) is 9.83. The van der Waals surface area contributed by atoms with E-state index in [2.05, 4.69) is 0 Å². The molecule has 0 saturated heterocycles. The normalized spacial score (nSPS) is 11.0. The fraction of sp³-hybridized carbons (Fsp3) is 0.778. The van der Waals surface area contributed by atoms with Gasteiger partial charge in [-0.25, -0.2) is 0 Å². The topological polar surface area (TPSA) is 115 Å². The second kappa shape index (κ2) is 8.44. The number of aliphatic hydroxyl groups is 2. The van der Waals surface area contributed by atoms with Crippen LogP contribution in [-0.2, 0) is 9.59 Å². The van der Waals surface area contributed by atoms with Gasteiger partial charge in [0.2, 0.25) is 0 Å². The Morgan fingerprint density at radius 1 is 0.938 bits per heavy atom. The second-order valence-electron chi connectivity index (χ2n) is 3.40. The molecule has 0 aromatic heterocycles. The zero-order valence-electron chi connectivity index (χ0n) is 8.87. The molecule has 0 aliphatic heterocycles. The van der Waals surface area contributed by atoms with Crippen LogP contribution in [0.5, 0.6) is 0 Å². The van der Waals surface area contributed by atoms with Crippen molar-refractivity contribution in [2.24, 2.45) is 0 Å². The first-order chi connectivity index (χ1) is 7.41. The zero-order valence-corrected chi connectivity index (χ0v) is 9.77. The lowest BCUT2D eigenvalue weighted by Crippen LogP contribution is -2.10. The molecule has 0 unspecified atom stereocenters. The summed E-state index contributed by atoms with van der Waals surface area (Å²) in [5.41, 5.74) is 0. The van der Waals surface area contributed by atoms with Gasteiger partial charge in [-0.15, -0.1) is 7.92 Å². The number of aliphatic carboxylic acids is 2. The van der Waals surface area contributed by atoms with Crippen LogP contribution in [0.1, 0.15) is 19.3 Å². The summed E-state index contributed by atoms with van der Waals surface area (Å²) in [4.78, 5) is 20.8. The van der Waals surface area contributed by atoms with Crippen LogP contribution in [0, 0.1) is 0 Å². The van der Waals surface area contributed by atoms with E-state index < -0.39 is 26.2 Å². The molecule has 7 heteroatoms. The van der Waals surface area contributed by atoms with Crippen molar-refractivity contribution < 1.29 is 30.0 Å². The first-order valence-electron chi connectivity index (χ1n) is 4.94. The number of hydrogen-bond acceptors (Lipinski definition) is 4. The van der Waals surface area contributed by atoms with Crippen molar-refractivity contribution in [1.82, 2.24) is 0 Å². The van der Waals surface area contributed by atoms with Gasteiger partial charge in [-0.3, -0.25) is 9.59 Å². The highest BCUT2D eigenvalue weighted by molar-refractivity contribution is 7.57. The minimum atomic E-state index is -1.40. The third-order valence-electron chi connectivity index (χ3n) is 1.99. The van der Waals surface area contributed by atoms with Crippen LogP contribution in [0.4, 0.5) is 0 Å². The average Bonchev–Trinajstić information content (AvgIpc) is 2.15. The summed E-state index contributed by atoms with van der Waals surface area (Å²) < 4.78 is 0. The van der Waals surface area contributed by atoms with Crippen molar-refractivity contribution in [2.45, 2.75) is 25.6 Å². The van der Waals surface area contributed by atoms with Crippen LogP contribution in [-0.4, -0.2) is 57.1 Å². The maximum absolute atomic E-state index is 10.4. The molecular formula is C9H17O6P. The van der Waals surface area contributed by atoms with E-state index in [0.717, 1.165) is 0 Å². The van der Waals surface area contributed by atoms with Crippen molar-refractivity contribution in [3.05, 3.63) is 0 Å². The lowest BCUT2D eigenvalue weighted by atomic mass is 10.5. The minimum absolute atomic E-state index is 0.00679. The van der Waals surface area contributed by atoms with Gasteiger partial charge in [0, 0.05) is 19.3 Å². The number of carboxylic acids is 2. The summed E-state index contributed by atoms with van der Waals surface area (Å²) in [6.07, 6.45) is 0.146. The van der Waals surface area contributed by atoms with E-state index in [1.54, 1.807) is 0 Å². The van der Waals surface area contributed by atoms with Gasteiger partial charge in [0.15, 0.2) is 6.29 Å². The van der Waals surface area contributed by atoms with E-state index in [9.17, 15) is 9.59 Å². The van der Waals surface area contributed by atoms with E-state index in [4.69, 9.17) is 20.4 Å². The Kier molecular flexibility index (Phi) is 8.07. The van der Waals surface area contributed by atoms with Crippen LogP contribution >= 0.6 is 7.92 Å². The van der Waals surface area contributed by atoms with Crippen molar-refractivity contribution >= 4 is 19.9 Å². The maximum Gasteiger partial charge on any atom is 0.303 e. The highest BCUT2D eigenvalue weighted by atomic mass is 31.1. The number of aliphatic hydroxyl groups excluding tert-OH is 1. The first kappa shape index (κ1) is 15.3. The number of carboxylic acid groups (broad SMARTS) is 2. The standard InChI is InChI=1S/C9H17O6P/c10-7(11)1-4-16(5-2-8(12)13)6-3-9(14)15/h7,10-11H,1-6H2,(H,12,13)(H,14,15). The van der Waals surface area contributed by atoms with Gasteiger partial charge in [-0.1, -0.05) is 0 Å². The Morgan fingerprint density at radius 3 is 1.69 bits per heavy atom. The van der Waals surface area contributed by atoms with Crippen molar-refractivity contribution in [1.29, 1.82) is 0 Å². The molecule has 0 atom stereocenters. The highest BCUT2D eigenvalue weighted by Gasteiger charge is 2.13. The predicted octanol–water partition coefficient (Wildman–Crippen LogP) is 0.119. The maximum atomic E-state index is 10.4. The summed E-state index contributed by atoms with van der Waals surface area (Å²) in [5.74, 6) is -1.82. The fourth-order valence-electron chi connectivity index (χ4n) is 1.14. The Morgan fingerprint density at radius 2 is 1.38 bits per heavy atom. The van der Waals surface area contributed by atoms with Crippen molar-refractivity contribution in [3.63, 3.8) is 0 Å². The van der Waals surface area contributed by atoms with Crippen LogP contribution < -0.4 is 0 Å². The molecular weight excluding hydrogens is 235 g/mol. The molecule has 0 spiro atoms. The Bertz CT molecular complexity index is 212. The van der Waals surface area contributed by atoms with Gasteiger partial charge < -0.3 is 20.4 Å². The van der Waals surface area contributed by atoms with Gasteiger partial charge in [0.05, 0.1) is 0 Å². The lowest BCUT2D eigenvalue weighted by molar-refractivity contribution is -0.137. The highest BCUT2D eigenvalue weighted by Crippen LogP contribution is 2.37. The summed E-state index contributed by atoms with van der Waals surface area (Å²) in [6, 6.07) is 0. The summed E-state index contributed by atoms with van der Waals surface area (Å²) in [7, 11) is -0.740. The Hall–Kier alpha value is -0.710. The molecule has 0 saturated carbocycles. The van der Waals surface area contributed by atoms with Crippen molar-refractivity contribution in [2.75, 3.05) is 18.5 Å². The van der Waals surface area contributed by atoms with Gasteiger partial charge in [0.25, 0.3) is 0 Å². The lowest BCUT2D eigenvalue weighted by Gasteiger charge is -2.16. The smallest absolute Gasteiger partial charge is 0.303 e. The molecule has 6 nitrogen and oxygen atoms in total. The SMILES string of the molecule is O=C(O)CCP(CCC(=O)O)CCC(O)O. The van der Waals surface area contributed by atoms with Gasteiger partial charge in [-0.05, 0) is 18.5 Å². The molecule has 0 radical (unpaired) electrons. The van der Waals surface area contributed by atoms with Crippen LogP contribution in [0.15, 0.2) is 0 Å². The molecule has 0 bridgehead atoms. The predicted molar refractivity (Wildman–Crippen MR) is 58.9 cm³/mol. The number of rotatable bonds is 9. The van der Waals surface area contributed by atoms with Crippen molar-refractivity contribution in [3.8, 4) is 0 Å². The molecule has 0 amide bonds. The molecule has 0 fully saturated rings. The molecule has 0 rings (SSSR count). The van der Waals surface area contributed by atoms with E-state index >= 15 is 0 Å². The van der Waals surface area contributed by atoms with E-state index in [-0.39, 0.29) is 19.3 Å². The molecule has 4 N–H and O–H groups in total. The van der Waals surface area contributed by atoms with Crippen LogP contribution in [0.25, 0.3) is 0 Å². The van der Waals surface area contributed by atoms with Crippen LogP contribution in [0.2, 0.25) is 0 Å². The molecule has 0 aromatic rings. The quantitative estimate of drug-likeness (QED) is 0.342. The van der Waals surface area contributed by atoms with E-state index in [0.29, 0.717) is 18.5 Å². The molecule has 94 valence electrons. The van der Waals surface area contributed by atoms with Gasteiger partial charge in [0.1, 0.15) is 0 Å². The minimum Gasteiger partial charge on any atom is -0.481 e. The van der Waals surface area contributed by atoms with E-state index in [1.165, 1.54) is 0 Å². The third-order valence-corrected chi connectivity index (χ3v) is 4.59.